The maximum atomic E-state index is 7.50. The van der Waals surface area contributed by atoms with E-state index in [9.17, 15) is 0 Å². The number of hydrogen-bond acceptors (Lipinski definition) is 4. The molecule has 0 amide bonds. The Balaban J connectivity index is -0.0000000755. The second-order valence-electron chi connectivity index (χ2n) is 1.91. The summed E-state index contributed by atoms with van der Waals surface area (Å²) in [5, 5.41) is 0. The molecule has 1 rings (SSSR count). The molecule has 0 atom stereocenters. The van der Waals surface area contributed by atoms with E-state index in [1.165, 1.54) is 5.56 Å². The second kappa shape index (κ2) is 22.9. The largest absolute Gasteiger partial charge is 0.399 e. The zero-order chi connectivity index (χ0) is 12.0. The fourth-order valence-electron chi connectivity index (χ4n) is 0.670. The molecule has 0 aromatic heterocycles. The molecular formula is C10H9CrNO3. The number of hydrogen-bond donors (Lipinski definition) is 1. The monoisotopic (exact) mass is 243 g/mol. The molecule has 0 heterocycles. The Labute approximate surface area is 101 Å². The third kappa shape index (κ3) is 19.1. The van der Waals surface area contributed by atoms with E-state index in [-0.39, 0.29) is 17.4 Å². The number of nitrogen functional groups attached to an aromatic ring is 1. The van der Waals surface area contributed by atoms with Crippen LogP contribution in [-0.2, 0) is 31.7 Å². The molecule has 15 heavy (non-hydrogen) atoms. The summed E-state index contributed by atoms with van der Waals surface area (Å²) in [5.74, 6) is 0. The molecule has 1 aromatic rings. The molecule has 0 bridgehead atoms. The molecule has 6 radical (unpaired) electrons. The molecule has 0 fully saturated rings. The molecule has 4 nitrogen and oxygen atoms in total. The Kier molecular flexibility index (Phi) is 35.7. The Morgan fingerprint density at radius 2 is 1.40 bits per heavy atom. The number of anilines is 1. The van der Waals surface area contributed by atoms with Crippen molar-refractivity contribution in [1.82, 2.24) is 0 Å². The zero-order valence-electron chi connectivity index (χ0n) is 8.02. The van der Waals surface area contributed by atoms with E-state index in [2.05, 4.69) is 20.4 Å². The van der Waals surface area contributed by atoms with E-state index >= 15 is 0 Å². The first-order chi connectivity index (χ1) is 6.79. The van der Waals surface area contributed by atoms with Crippen LogP contribution in [0.25, 0.3) is 0 Å². The topological polar surface area (TPSA) is 77.2 Å². The molecule has 0 aliphatic heterocycles. The summed E-state index contributed by atoms with van der Waals surface area (Å²) in [6, 6.07) is 7.80. The van der Waals surface area contributed by atoms with Gasteiger partial charge in [-0.2, -0.15) is 0 Å². The van der Waals surface area contributed by atoms with Gasteiger partial charge in [0.25, 0.3) is 20.4 Å². The number of aryl methyl sites for hydroxylation is 1. The van der Waals surface area contributed by atoms with Crippen molar-refractivity contribution in [2.45, 2.75) is 6.92 Å². The summed E-state index contributed by atoms with van der Waals surface area (Å²) < 4.78 is 0. The standard InChI is InChI=1S/C7H9N.3CO.Cr/c1-6-3-2-4-7(8)5-6;3*1-2;/h2-5H,8H2,1H3;;;;. The van der Waals surface area contributed by atoms with Gasteiger partial charge in [-0.15, -0.1) is 0 Å². The summed E-state index contributed by atoms with van der Waals surface area (Å²) in [4.78, 5) is 22.5. The smallest absolute Gasteiger partial charge is 0.281 e. The summed E-state index contributed by atoms with van der Waals surface area (Å²) in [5.41, 5.74) is 7.51. The maximum Gasteiger partial charge on any atom is 0.281 e. The van der Waals surface area contributed by atoms with E-state index in [4.69, 9.17) is 20.1 Å². The quantitative estimate of drug-likeness (QED) is 0.668. The summed E-state index contributed by atoms with van der Waals surface area (Å²) in [6.45, 7) is 15.5. The fourth-order valence-corrected chi connectivity index (χ4v) is 0.670. The van der Waals surface area contributed by atoms with Crippen LogP contribution in [0.3, 0.4) is 0 Å². The first-order valence-corrected chi connectivity index (χ1v) is 3.22. The molecule has 78 valence electrons. The first-order valence-electron chi connectivity index (χ1n) is 3.22. The molecule has 0 aliphatic rings. The van der Waals surface area contributed by atoms with Crippen LogP contribution in [0.15, 0.2) is 24.3 Å². The molecule has 1 aromatic carbocycles. The predicted octanol–water partition coefficient (Wildman–Crippen LogP) is 0.383. The van der Waals surface area contributed by atoms with Crippen LogP contribution in [0.4, 0.5) is 5.69 Å². The van der Waals surface area contributed by atoms with Crippen molar-refractivity contribution in [2.24, 2.45) is 0 Å². The van der Waals surface area contributed by atoms with Gasteiger partial charge in [-0.3, -0.25) is 14.4 Å². The van der Waals surface area contributed by atoms with Gasteiger partial charge in [-0.1, -0.05) is 12.1 Å². The third-order valence-corrected chi connectivity index (χ3v) is 1.04. The van der Waals surface area contributed by atoms with E-state index in [0.29, 0.717) is 0 Å². The van der Waals surface area contributed by atoms with Gasteiger partial charge in [0.1, 0.15) is 0 Å². The van der Waals surface area contributed by atoms with Gasteiger partial charge in [0.2, 0.25) is 0 Å². The Bertz CT molecular complexity index is 212. The first kappa shape index (κ1) is 23.4. The van der Waals surface area contributed by atoms with E-state index in [0.717, 1.165) is 5.69 Å². The van der Waals surface area contributed by atoms with Crippen LogP contribution in [-0.4, -0.2) is 20.4 Å². The number of nitrogens with two attached hydrogens (primary N) is 1. The maximum absolute atomic E-state index is 7.50. The van der Waals surface area contributed by atoms with E-state index in [1.807, 2.05) is 31.2 Å². The summed E-state index contributed by atoms with van der Waals surface area (Å²) in [7, 11) is 0. The van der Waals surface area contributed by atoms with Gasteiger partial charge in [0, 0.05) is 23.0 Å². The number of rotatable bonds is 0. The van der Waals surface area contributed by atoms with Crippen LogP contribution in [0.1, 0.15) is 5.56 Å². The van der Waals surface area contributed by atoms with Crippen LogP contribution in [0.5, 0.6) is 0 Å². The van der Waals surface area contributed by atoms with Crippen LogP contribution < -0.4 is 5.73 Å². The molecule has 5 heteroatoms. The van der Waals surface area contributed by atoms with Crippen molar-refractivity contribution < 1.29 is 31.7 Å². The summed E-state index contributed by atoms with van der Waals surface area (Å²) >= 11 is 0. The third-order valence-electron chi connectivity index (χ3n) is 1.04. The number of carbonyl (C=O) groups excluding carboxylic acids is 3. The van der Waals surface area contributed by atoms with Crippen molar-refractivity contribution in [2.75, 3.05) is 5.73 Å². The van der Waals surface area contributed by atoms with E-state index < -0.39 is 0 Å². The molecular weight excluding hydrogens is 234 g/mol. The molecule has 2 N–H and O–H groups in total. The summed E-state index contributed by atoms with van der Waals surface area (Å²) in [6.07, 6.45) is 0. The molecule has 0 aliphatic carbocycles. The van der Waals surface area contributed by atoms with Gasteiger partial charge in [-0.05, 0) is 24.6 Å². The van der Waals surface area contributed by atoms with E-state index in [1.54, 1.807) is 0 Å². The normalized spacial score (nSPS) is 5.67. The van der Waals surface area contributed by atoms with Gasteiger partial charge in [0.05, 0.1) is 0 Å². The minimum atomic E-state index is 0. The van der Waals surface area contributed by atoms with Crippen molar-refractivity contribution in [3.8, 4) is 0 Å². The minimum Gasteiger partial charge on any atom is -0.399 e. The fraction of sp³-hybridized carbons (Fsp3) is 0.100. The van der Waals surface area contributed by atoms with Crippen LogP contribution in [0, 0.1) is 6.92 Å². The Morgan fingerprint density at radius 3 is 1.60 bits per heavy atom. The molecule has 0 spiro atoms. The van der Waals surface area contributed by atoms with Crippen LogP contribution in [0.2, 0.25) is 0 Å². The average molecular weight is 243 g/mol. The molecule has 0 saturated carbocycles. The Hall–Kier alpha value is -1.44. The Morgan fingerprint density at radius 1 is 1.00 bits per heavy atom. The van der Waals surface area contributed by atoms with Crippen molar-refractivity contribution in [3.05, 3.63) is 29.8 Å². The van der Waals surface area contributed by atoms with Crippen molar-refractivity contribution >= 4 is 26.1 Å². The van der Waals surface area contributed by atoms with Gasteiger partial charge >= 0.3 is 0 Å². The van der Waals surface area contributed by atoms with Gasteiger partial charge in [-0.25, -0.2) is 0 Å². The van der Waals surface area contributed by atoms with Crippen molar-refractivity contribution in [3.63, 3.8) is 0 Å². The number of benzene rings is 1. The molecule has 0 saturated heterocycles. The van der Waals surface area contributed by atoms with Gasteiger partial charge in [0.15, 0.2) is 0 Å². The predicted molar refractivity (Wildman–Crippen MR) is 52.7 cm³/mol. The van der Waals surface area contributed by atoms with Crippen molar-refractivity contribution in [1.29, 1.82) is 0 Å². The SMILES string of the molecule is Cc1cccc(N)c1.[C]=O.[C]=O.[C]=O.[Cr]. The average Bonchev–Trinajstić information content (AvgIpc) is 2.26. The van der Waals surface area contributed by atoms with Crippen LogP contribution >= 0.6 is 0 Å². The molecule has 0 unspecified atom stereocenters. The second-order valence-corrected chi connectivity index (χ2v) is 1.91. The van der Waals surface area contributed by atoms with Gasteiger partial charge < -0.3 is 5.73 Å². The zero-order valence-corrected chi connectivity index (χ0v) is 9.29. The minimum absolute atomic E-state index is 0.